The molecule has 162 valence electrons. The quantitative estimate of drug-likeness (QED) is 0.633. The summed E-state index contributed by atoms with van der Waals surface area (Å²) in [5, 5.41) is 9.77. The maximum absolute atomic E-state index is 13.4. The molecule has 1 unspecified atom stereocenters. The number of allylic oxidation sites excluding steroid dienone is 2. The van der Waals surface area contributed by atoms with E-state index in [0.717, 1.165) is 40.8 Å². The Labute approximate surface area is 183 Å². The van der Waals surface area contributed by atoms with Crippen LogP contribution in [0.3, 0.4) is 0 Å². The second-order valence-electron chi connectivity index (χ2n) is 7.07. The molecule has 0 radical (unpaired) electrons. The Kier molecular flexibility index (Phi) is 7.60. The van der Waals surface area contributed by atoms with Crippen LogP contribution < -0.4 is 16.0 Å². The topological polar surface area (TPSA) is 66.0 Å². The monoisotopic (exact) mass is 420 g/mol. The molecule has 1 atom stereocenters. The molecule has 0 saturated carbocycles. The lowest BCUT2D eigenvalue weighted by molar-refractivity contribution is -0.120. The zero-order chi connectivity index (χ0) is 22.2. The fraction of sp³-hybridized carbons (Fsp3) is 0.280. The molecule has 0 bridgehead atoms. The van der Waals surface area contributed by atoms with Crippen molar-refractivity contribution in [1.29, 1.82) is 0 Å². The SMILES string of the molecule is CC.CCCCC(=O)NC1=CC=C2C(c3ccncc3)=C(c3ccc(F)cc3)NC2N1. The highest BCUT2D eigenvalue weighted by atomic mass is 19.1. The first-order valence-electron chi connectivity index (χ1n) is 10.8. The number of pyridine rings is 1. The number of dihydropyridines is 1. The molecule has 4 rings (SSSR count). The molecule has 0 saturated heterocycles. The number of carbonyl (C=O) groups excluding carboxylic acids is 1. The van der Waals surface area contributed by atoms with Gasteiger partial charge in [-0.1, -0.05) is 33.3 Å². The lowest BCUT2D eigenvalue weighted by Gasteiger charge is -2.24. The standard InChI is InChI=1S/C23H23FN4O.C2H6/c1-2-3-4-20(29)26-19-10-9-18-21(15-11-13-25-14-12-15)22(28-23(18)27-19)16-5-7-17(24)8-6-16;1-2/h5-14,23,27-28H,2-4H2,1H3,(H,26,29);1-2H3. The van der Waals surface area contributed by atoms with Crippen molar-refractivity contribution in [3.05, 3.63) is 89.3 Å². The van der Waals surface area contributed by atoms with Crippen LogP contribution in [0.15, 0.2) is 72.3 Å². The number of hydrogen-bond acceptors (Lipinski definition) is 4. The van der Waals surface area contributed by atoms with Crippen LogP contribution in [0.2, 0.25) is 0 Å². The highest BCUT2D eigenvalue weighted by Gasteiger charge is 2.32. The number of rotatable bonds is 6. The highest BCUT2D eigenvalue weighted by Crippen LogP contribution is 2.38. The number of nitrogens with zero attached hydrogens (tertiary/aromatic N) is 1. The summed E-state index contributed by atoms with van der Waals surface area (Å²) in [6, 6.07) is 10.3. The smallest absolute Gasteiger partial charge is 0.225 e. The van der Waals surface area contributed by atoms with Gasteiger partial charge < -0.3 is 16.0 Å². The average molecular weight is 421 g/mol. The maximum Gasteiger partial charge on any atom is 0.225 e. The van der Waals surface area contributed by atoms with Crippen molar-refractivity contribution in [3.8, 4) is 0 Å². The van der Waals surface area contributed by atoms with Crippen LogP contribution in [-0.4, -0.2) is 17.1 Å². The van der Waals surface area contributed by atoms with Crippen LogP contribution in [0, 0.1) is 5.82 Å². The van der Waals surface area contributed by atoms with Crippen LogP contribution >= 0.6 is 0 Å². The fourth-order valence-corrected chi connectivity index (χ4v) is 3.55. The van der Waals surface area contributed by atoms with Crippen molar-refractivity contribution >= 4 is 17.2 Å². The largest absolute Gasteiger partial charge is 0.361 e. The minimum Gasteiger partial charge on any atom is -0.361 e. The van der Waals surface area contributed by atoms with E-state index in [1.54, 1.807) is 24.5 Å². The summed E-state index contributed by atoms with van der Waals surface area (Å²) in [5.41, 5.74) is 4.91. The predicted octanol–water partition coefficient (Wildman–Crippen LogP) is 4.72. The number of aromatic nitrogens is 1. The molecule has 0 spiro atoms. The van der Waals surface area contributed by atoms with Crippen LogP contribution in [-0.2, 0) is 4.79 Å². The van der Waals surface area contributed by atoms with Crippen LogP contribution in [0.25, 0.3) is 11.3 Å². The summed E-state index contributed by atoms with van der Waals surface area (Å²) in [6.45, 7) is 6.06. The molecule has 2 aliphatic heterocycles. The van der Waals surface area contributed by atoms with E-state index >= 15 is 0 Å². The van der Waals surface area contributed by atoms with Crippen molar-refractivity contribution in [2.45, 2.75) is 46.2 Å². The molecule has 3 heterocycles. The Balaban J connectivity index is 0.00000132. The van der Waals surface area contributed by atoms with E-state index in [1.807, 2.05) is 38.1 Å². The number of benzene rings is 1. The third-order valence-electron chi connectivity index (χ3n) is 5.00. The molecule has 0 fully saturated rings. The van der Waals surface area contributed by atoms with Crippen molar-refractivity contribution in [1.82, 2.24) is 20.9 Å². The number of carbonyl (C=O) groups is 1. The normalized spacial score (nSPS) is 16.7. The van der Waals surface area contributed by atoms with Gasteiger partial charge in [-0.25, -0.2) is 4.39 Å². The molecule has 2 aliphatic rings. The van der Waals surface area contributed by atoms with Gasteiger partial charge in [-0.3, -0.25) is 9.78 Å². The number of unbranched alkanes of at least 4 members (excludes halogenated alkanes) is 1. The van der Waals surface area contributed by atoms with E-state index in [1.165, 1.54) is 12.1 Å². The van der Waals surface area contributed by atoms with Gasteiger partial charge in [-0.2, -0.15) is 0 Å². The molecule has 2 aromatic rings. The van der Waals surface area contributed by atoms with Gasteiger partial charge in [0.15, 0.2) is 0 Å². The molecule has 1 aromatic carbocycles. The number of amides is 1. The second kappa shape index (κ2) is 10.6. The van der Waals surface area contributed by atoms with Crippen molar-refractivity contribution in [2.24, 2.45) is 0 Å². The number of nitrogens with one attached hydrogen (secondary N) is 3. The highest BCUT2D eigenvalue weighted by molar-refractivity contribution is 6.01. The zero-order valence-corrected chi connectivity index (χ0v) is 18.2. The van der Waals surface area contributed by atoms with Gasteiger partial charge in [0.1, 0.15) is 17.8 Å². The number of hydrogen-bond donors (Lipinski definition) is 3. The van der Waals surface area contributed by atoms with Crippen molar-refractivity contribution in [2.75, 3.05) is 0 Å². The molecule has 5 nitrogen and oxygen atoms in total. The van der Waals surface area contributed by atoms with Crippen molar-refractivity contribution < 1.29 is 9.18 Å². The minimum atomic E-state index is -0.272. The molecule has 1 amide bonds. The first kappa shape index (κ1) is 22.3. The van der Waals surface area contributed by atoms with E-state index in [9.17, 15) is 9.18 Å². The molecule has 1 aromatic heterocycles. The van der Waals surface area contributed by atoms with Gasteiger partial charge >= 0.3 is 0 Å². The Bertz CT molecular complexity index is 994. The lowest BCUT2D eigenvalue weighted by atomic mass is 9.94. The first-order valence-corrected chi connectivity index (χ1v) is 10.8. The minimum absolute atomic E-state index is 0.00141. The molecule has 31 heavy (non-hydrogen) atoms. The van der Waals surface area contributed by atoms with Crippen molar-refractivity contribution in [3.63, 3.8) is 0 Å². The fourth-order valence-electron chi connectivity index (χ4n) is 3.55. The number of halogens is 1. The van der Waals surface area contributed by atoms with E-state index in [-0.39, 0.29) is 17.9 Å². The average Bonchev–Trinajstić information content (AvgIpc) is 3.19. The Morgan fingerprint density at radius 2 is 1.74 bits per heavy atom. The molecular weight excluding hydrogens is 391 g/mol. The molecule has 6 heteroatoms. The van der Waals surface area contributed by atoms with E-state index in [2.05, 4.69) is 27.9 Å². The molecule has 3 N–H and O–H groups in total. The first-order chi connectivity index (χ1) is 15.2. The van der Waals surface area contributed by atoms with Crippen LogP contribution in [0.1, 0.15) is 51.2 Å². The Morgan fingerprint density at radius 1 is 1.03 bits per heavy atom. The summed E-state index contributed by atoms with van der Waals surface area (Å²) in [4.78, 5) is 16.2. The van der Waals surface area contributed by atoms with Gasteiger partial charge in [-0.05, 0) is 60.0 Å². The molecular formula is C25H29FN4O. The van der Waals surface area contributed by atoms with Gasteiger partial charge in [0.2, 0.25) is 5.91 Å². The predicted molar refractivity (Wildman–Crippen MR) is 123 cm³/mol. The summed E-state index contributed by atoms with van der Waals surface area (Å²) in [6.07, 6.45) is 9.56. The summed E-state index contributed by atoms with van der Waals surface area (Å²) >= 11 is 0. The van der Waals surface area contributed by atoms with E-state index in [4.69, 9.17) is 0 Å². The van der Waals surface area contributed by atoms with Gasteiger partial charge in [0.25, 0.3) is 0 Å². The third-order valence-corrected chi connectivity index (χ3v) is 5.00. The molecule has 0 aliphatic carbocycles. The van der Waals surface area contributed by atoms with Crippen LogP contribution in [0.4, 0.5) is 4.39 Å². The van der Waals surface area contributed by atoms with E-state index < -0.39 is 0 Å². The maximum atomic E-state index is 13.4. The van der Waals surface area contributed by atoms with Gasteiger partial charge in [0, 0.05) is 30.0 Å². The summed E-state index contributed by atoms with van der Waals surface area (Å²) in [5.74, 6) is 0.398. The van der Waals surface area contributed by atoms with E-state index in [0.29, 0.717) is 12.2 Å². The second-order valence-corrected chi connectivity index (χ2v) is 7.07. The van der Waals surface area contributed by atoms with Gasteiger partial charge in [0.05, 0.1) is 5.70 Å². The van der Waals surface area contributed by atoms with Gasteiger partial charge in [-0.15, -0.1) is 0 Å². The lowest BCUT2D eigenvalue weighted by Crippen LogP contribution is -2.44. The zero-order valence-electron chi connectivity index (χ0n) is 18.2. The Hall–Kier alpha value is -3.41. The number of fused-ring (bicyclic) bond motifs is 1. The summed E-state index contributed by atoms with van der Waals surface area (Å²) in [7, 11) is 0. The third kappa shape index (κ3) is 5.20. The summed E-state index contributed by atoms with van der Waals surface area (Å²) < 4.78 is 13.4. The Morgan fingerprint density at radius 3 is 2.42 bits per heavy atom. The van der Waals surface area contributed by atoms with Crippen LogP contribution in [0.5, 0.6) is 0 Å².